The van der Waals surface area contributed by atoms with Crippen molar-refractivity contribution in [2.75, 3.05) is 0 Å². The first kappa shape index (κ1) is 8.73. The van der Waals surface area contributed by atoms with E-state index >= 15 is 0 Å². The lowest BCUT2D eigenvalue weighted by atomic mass is 10.2. The molecule has 0 atom stereocenters. The molecule has 1 N–H and O–H groups in total. The molecular weight excluding hydrogens is 196 g/mol. The van der Waals surface area contributed by atoms with Gasteiger partial charge in [-0.25, -0.2) is 0 Å². The van der Waals surface area contributed by atoms with Crippen molar-refractivity contribution in [2.24, 2.45) is 0 Å². The van der Waals surface area contributed by atoms with Gasteiger partial charge in [0.15, 0.2) is 0 Å². The first-order valence-corrected chi connectivity index (χ1v) is 4.86. The molecule has 14 heavy (non-hydrogen) atoms. The van der Waals surface area contributed by atoms with E-state index in [0.717, 1.165) is 10.6 Å². The molecule has 0 aromatic carbocycles. The Hall–Kier alpha value is -1.86. The summed E-state index contributed by atoms with van der Waals surface area (Å²) in [5, 5.41) is 10.5. The van der Waals surface area contributed by atoms with E-state index in [9.17, 15) is 4.79 Å². The number of aromatic amines is 1. The summed E-state index contributed by atoms with van der Waals surface area (Å²) in [6, 6.07) is 8.94. The zero-order valence-electron chi connectivity index (χ0n) is 7.15. The third kappa shape index (κ3) is 1.45. The van der Waals surface area contributed by atoms with E-state index in [2.05, 4.69) is 4.98 Å². The standard InChI is InChI=1S/C10H6N2OS/c11-6-7-3-4-8(12-10(7)13)9-2-1-5-14-9/h1-5H,(H,12,13). The van der Waals surface area contributed by atoms with Gasteiger partial charge in [-0.05, 0) is 23.6 Å². The Morgan fingerprint density at radius 2 is 2.21 bits per heavy atom. The van der Waals surface area contributed by atoms with Crippen LogP contribution in [-0.4, -0.2) is 4.98 Å². The van der Waals surface area contributed by atoms with Gasteiger partial charge in [0, 0.05) is 0 Å². The van der Waals surface area contributed by atoms with Crippen molar-refractivity contribution in [3.8, 4) is 16.6 Å². The molecule has 68 valence electrons. The van der Waals surface area contributed by atoms with Gasteiger partial charge in [-0.15, -0.1) is 11.3 Å². The van der Waals surface area contributed by atoms with E-state index in [0.29, 0.717) is 0 Å². The molecule has 2 rings (SSSR count). The Bertz CT molecular complexity index is 534. The van der Waals surface area contributed by atoms with E-state index in [1.165, 1.54) is 6.07 Å². The summed E-state index contributed by atoms with van der Waals surface area (Å²) in [6.07, 6.45) is 0. The van der Waals surface area contributed by atoms with Crippen LogP contribution in [0.4, 0.5) is 0 Å². The lowest BCUT2D eigenvalue weighted by Crippen LogP contribution is -2.09. The SMILES string of the molecule is N#Cc1ccc(-c2cccs2)[nH]c1=O. The highest BCUT2D eigenvalue weighted by molar-refractivity contribution is 7.13. The summed E-state index contributed by atoms with van der Waals surface area (Å²) in [5.74, 6) is 0. The molecule has 0 aliphatic carbocycles. The predicted molar refractivity (Wildman–Crippen MR) is 55.1 cm³/mol. The lowest BCUT2D eigenvalue weighted by molar-refractivity contribution is 1.22. The van der Waals surface area contributed by atoms with Crippen molar-refractivity contribution in [2.45, 2.75) is 0 Å². The number of aromatic nitrogens is 1. The number of nitrogens with zero attached hydrogens (tertiary/aromatic N) is 1. The minimum absolute atomic E-state index is 0.144. The maximum atomic E-state index is 11.3. The normalized spacial score (nSPS) is 9.64. The lowest BCUT2D eigenvalue weighted by Gasteiger charge is -1.96. The fourth-order valence-electron chi connectivity index (χ4n) is 1.14. The predicted octanol–water partition coefficient (Wildman–Crippen LogP) is 1.98. The number of H-pyrrole nitrogens is 1. The Morgan fingerprint density at radius 3 is 2.79 bits per heavy atom. The molecule has 3 nitrogen and oxygen atoms in total. The van der Waals surface area contributed by atoms with E-state index in [4.69, 9.17) is 5.26 Å². The van der Waals surface area contributed by atoms with Crippen LogP contribution in [0, 0.1) is 11.3 Å². The second-order valence-corrected chi connectivity index (χ2v) is 3.65. The highest BCUT2D eigenvalue weighted by Crippen LogP contribution is 2.21. The Kier molecular flexibility index (Phi) is 2.17. The fourth-order valence-corrected chi connectivity index (χ4v) is 1.84. The van der Waals surface area contributed by atoms with E-state index in [1.54, 1.807) is 17.4 Å². The van der Waals surface area contributed by atoms with Crippen LogP contribution >= 0.6 is 11.3 Å². The van der Waals surface area contributed by atoms with Crippen LogP contribution in [-0.2, 0) is 0 Å². The molecule has 0 amide bonds. The Balaban J connectivity index is 2.55. The number of nitrogens with one attached hydrogen (secondary N) is 1. The van der Waals surface area contributed by atoms with E-state index in [-0.39, 0.29) is 11.1 Å². The minimum Gasteiger partial charge on any atom is -0.320 e. The van der Waals surface area contributed by atoms with Gasteiger partial charge in [-0.3, -0.25) is 4.79 Å². The molecule has 4 heteroatoms. The van der Waals surface area contributed by atoms with Gasteiger partial charge in [0.1, 0.15) is 11.6 Å². The quantitative estimate of drug-likeness (QED) is 0.768. The van der Waals surface area contributed by atoms with Crippen molar-refractivity contribution in [3.05, 3.63) is 45.6 Å². The second-order valence-electron chi connectivity index (χ2n) is 2.70. The van der Waals surface area contributed by atoms with Crippen LogP contribution in [0.2, 0.25) is 0 Å². The number of nitriles is 1. The van der Waals surface area contributed by atoms with Crippen molar-refractivity contribution in [3.63, 3.8) is 0 Å². The van der Waals surface area contributed by atoms with Gasteiger partial charge in [0.25, 0.3) is 5.56 Å². The van der Waals surface area contributed by atoms with Crippen molar-refractivity contribution in [1.82, 2.24) is 4.98 Å². The highest BCUT2D eigenvalue weighted by atomic mass is 32.1. The molecule has 0 unspecified atom stereocenters. The first-order chi connectivity index (χ1) is 6.81. The van der Waals surface area contributed by atoms with E-state index in [1.807, 2.05) is 23.6 Å². The van der Waals surface area contributed by atoms with Crippen molar-refractivity contribution >= 4 is 11.3 Å². The third-order valence-electron chi connectivity index (χ3n) is 1.82. The van der Waals surface area contributed by atoms with Crippen LogP contribution in [0.3, 0.4) is 0 Å². The molecule has 0 aliphatic heterocycles. The maximum Gasteiger partial charge on any atom is 0.266 e. The van der Waals surface area contributed by atoms with Crippen LogP contribution in [0.1, 0.15) is 5.56 Å². The maximum absolute atomic E-state index is 11.3. The number of pyridine rings is 1. The molecule has 0 fully saturated rings. The van der Waals surface area contributed by atoms with Gasteiger partial charge >= 0.3 is 0 Å². The zero-order valence-corrected chi connectivity index (χ0v) is 7.97. The van der Waals surface area contributed by atoms with Gasteiger partial charge in [0.05, 0.1) is 10.6 Å². The van der Waals surface area contributed by atoms with Crippen LogP contribution in [0.25, 0.3) is 10.6 Å². The van der Waals surface area contributed by atoms with Crippen LogP contribution in [0.5, 0.6) is 0 Å². The Morgan fingerprint density at radius 1 is 1.36 bits per heavy atom. The molecule has 2 heterocycles. The molecule has 0 spiro atoms. The van der Waals surface area contributed by atoms with Crippen LogP contribution < -0.4 is 5.56 Å². The summed E-state index contributed by atoms with van der Waals surface area (Å²) in [4.78, 5) is 14.9. The van der Waals surface area contributed by atoms with E-state index < -0.39 is 0 Å². The summed E-state index contributed by atoms with van der Waals surface area (Å²) < 4.78 is 0. The molecule has 0 bridgehead atoms. The minimum atomic E-state index is -0.335. The Labute approximate surface area is 84.3 Å². The van der Waals surface area contributed by atoms with Crippen molar-refractivity contribution < 1.29 is 0 Å². The number of hydrogen-bond acceptors (Lipinski definition) is 3. The zero-order chi connectivity index (χ0) is 9.97. The average Bonchev–Trinajstić information content (AvgIpc) is 2.70. The molecular formula is C10H6N2OS. The summed E-state index contributed by atoms with van der Waals surface area (Å²) in [7, 11) is 0. The smallest absolute Gasteiger partial charge is 0.266 e. The second kappa shape index (κ2) is 3.48. The molecule has 0 saturated heterocycles. The van der Waals surface area contributed by atoms with Crippen molar-refractivity contribution in [1.29, 1.82) is 5.26 Å². The first-order valence-electron chi connectivity index (χ1n) is 3.98. The molecule has 0 saturated carbocycles. The molecule has 2 aromatic rings. The summed E-state index contributed by atoms with van der Waals surface area (Å²) in [5.41, 5.74) is 0.563. The molecule has 0 aliphatic rings. The third-order valence-corrected chi connectivity index (χ3v) is 2.72. The van der Waals surface area contributed by atoms with Gasteiger partial charge in [-0.2, -0.15) is 5.26 Å². The summed E-state index contributed by atoms with van der Waals surface area (Å²) >= 11 is 1.55. The highest BCUT2D eigenvalue weighted by Gasteiger charge is 2.02. The molecule has 0 radical (unpaired) electrons. The number of rotatable bonds is 1. The number of hydrogen-bond donors (Lipinski definition) is 1. The van der Waals surface area contributed by atoms with Gasteiger partial charge < -0.3 is 4.98 Å². The largest absolute Gasteiger partial charge is 0.320 e. The van der Waals surface area contributed by atoms with Gasteiger partial charge in [-0.1, -0.05) is 6.07 Å². The monoisotopic (exact) mass is 202 g/mol. The average molecular weight is 202 g/mol. The van der Waals surface area contributed by atoms with Crippen LogP contribution in [0.15, 0.2) is 34.4 Å². The summed E-state index contributed by atoms with van der Waals surface area (Å²) in [6.45, 7) is 0. The number of thiophene rings is 1. The molecule has 2 aromatic heterocycles. The topological polar surface area (TPSA) is 56.6 Å². The van der Waals surface area contributed by atoms with Gasteiger partial charge in [0.2, 0.25) is 0 Å². The fraction of sp³-hybridized carbons (Fsp3) is 0.